The predicted molar refractivity (Wildman–Crippen MR) is 166 cm³/mol. The lowest BCUT2D eigenvalue weighted by atomic mass is 9.84. The van der Waals surface area contributed by atoms with Gasteiger partial charge in [0.1, 0.15) is 6.10 Å². The fourth-order valence-corrected chi connectivity index (χ4v) is 5.42. The highest BCUT2D eigenvalue weighted by Crippen LogP contribution is 2.30. The van der Waals surface area contributed by atoms with Crippen LogP contribution in [0.2, 0.25) is 0 Å². The van der Waals surface area contributed by atoms with Crippen molar-refractivity contribution in [3.8, 4) is 0 Å². The van der Waals surface area contributed by atoms with Gasteiger partial charge in [-0.25, -0.2) is 0 Å². The van der Waals surface area contributed by atoms with Gasteiger partial charge in [0, 0.05) is 38.9 Å². The Hall–Kier alpha value is -3.81. The van der Waals surface area contributed by atoms with Crippen LogP contribution >= 0.6 is 0 Å². The molecule has 1 aliphatic rings. The van der Waals surface area contributed by atoms with Crippen LogP contribution in [-0.4, -0.2) is 54.7 Å². The summed E-state index contributed by atoms with van der Waals surface area (Å²) < 4.78 is 16.8. The first-order valence-electron chi connectivity index (χ1n) is 15.1. The lowest BCUT2D eigenvalue weighted by Crippen LogP contribution is -2.38. The number of nitrogens with zero attached hydrogens (tertiary/aromatic N) is 1. The number of hydrogen-bond acceptors (Lipinski definition) is 7. The van der Waals surface area contributed by atoms with Crippen molar-refractivity contribution in [2.75, 3.05) is 19.6 Å². The van der Waals surface area contributed by atoms with Gasteiger partial charge < -0.3 is 19.1 Å². The van der Waals surface area contributed by atoms with Gasteiger partial charge in [0.05, 0.1) is 11.5 Å². The second kappa shape index (κ2) is 15.1. The first kappa shape index (κ1) is 32.1. The number of carbonyl (C=O) groups excluding carboxylic acids is 3. The van der Waals surface area contributed by atoms with Crippen molar-refractivity contribution < 1.29 is 28.6 Å². The van der Waals surface area contributed by atoms with Gasteiger partial charge in [0.25, 0.3) is 0 Å². The molecule has 1 unspecified atom stereocenters. The standard InChI is InChI=1S/C36H43NO6/c1-26(38)41-27(2)42-35(40)36(3,4)31-19-17-28(18-20-31)33(39)16-11-23-37-24-21-32(22-25-37)43-34(29-12-7-5-8-13-29)30-14-9-6-10-15-30/h5-10,12-15,17-20,27,32,34H,11,16,21-25H2,1-4H3. The lowest BCUT2D eigenvalue weighted by Gasteiger charge is -2.34. The molecule has 4 rings (SSSR count). The third-order valence-electron chi connectivity index (χ3n) is 7.99. The highest BCUT2D eigenvalue weighted by atomic mass is 16.7. The molecular formula is C36H43NO6. The molecule has 1 saturated heterocycles. The van der Waals surface area contributed by atoms with Gasteiger partial charge in [-0.1, -0.05) is 84.9 Å². The average molecular weight is 586 g/mol. The van der Waals surface area contributed by atoms with Crippen LogP contribution in [0.25, 0.3) is 0 Å². The minimum atomic E-state index is -0.969. The Morgan fingerprint density at radius 1 is 0.837 bits per heavy atom. The van der Waals surface area contributed by atoms with Crippen LogP contribution in [0.1, 0.15) is 86.5 Å². The highest BCUT2D eigenvalue weighted by molar-refractivity contribution is 5.96. The summed E-state index contributed by atoms with van der Waals surface area (Å²) in [5.41, 5.74) is 2.71. The van der Waals surface area contributed by atoms with Crippen molar-refractivity contribution in [2.45, 2.75) is 77.3 Å². The number of Topliss-reactive ketones (excluding diaryl/α,β-unsaturated/α-hetero) is 1. The highest BCUT2D eigenvalue weighted by Gasteiger charge is 2.33. The second-order valence-electron chi connectivity index (χ2n) is 11.7. The number of hydrogen-bond donors (Lipinski definition) is 0. The summed E-state index contributed by atoms with van der Waals surface area (Å²) >= 11 is 0. The lowest BCUT2D eigenvalue weighted by molar-refractivity contribution is -0.186. The maximum atomic E-state index is 12.9. The van der Waals surface area contributed by atoms with Crippen LogP contribution in [0.4, 0.5) is 0 Å². The van der Waals surface area contributed by atoms with E-state index in [-0.39, 0.29) is 18.0 Å². The van der Waals surface area contributed by atoms with Gasteiger partial charge in [0.15, 0.2) is 5.78 Å². The third kappa shape index (κ3) is 9.09. The minimum absolute atomic E-state index is 0.0801. The Morgan fingerprint density at radius 2 is 1.40 bits per heavy atom. The van der Waals surface area contributed by atoms with Crippen molar-refractivity contribution in [3.63, 3.8) is 0 Å². The molecule has 0 bridgehead atoms. The van der Waals surface area contributed by atoms with Crippen molar-refractivity contribution in [1.82, 2.24) is 4.90 Å². The summed E-state index contributed by atoms with van der Waals surface area (Å²) in [6.45, 7) is 9.01. The Morgan fingerprint density at radius 3 is 1.93 bits per heavy atom. The normalized spacial score (nSPS) is 15.2. The third-order valence-corrected chi connectivity index (χ3v) is 7.99. The van der Waals surface area contributed by atoms with Crippen LogP contribution in [0, 0.1) is 0 Å². The molecule has 3 aromatic rings. The maximum Gasteiger partial charge on any atom is 0.319 e. The van der Waals surface area contributed by atoms with Crippen LogP contribution in [0.15, 0.2) is 84.9 Å². The molecule has 7 heteroatoms. The molecule has 1 heterocycles. The topological polar surface area (TPSA) is 82.1 Å². The molecule has 1 atom stereocenters. The number of benzene rings is 3. The van der Waals surface area contributed by atoms with E-state index in [1.165, 1.54) is 25.0 Å². The molecule has 7 nitrogen and oxygen atoms in total. The number of rotatable bonds is 13. The van der Waals surface area contributed by atoms with E-state index in [1.807, 2.05) is 12.1 Å². The molecule has 1 fully saturated rings. The van der Waals surface area contributed by atoms with Gasteiger partial charge in [0.2, 0.25) is 6.29 Å². The zero-order chi connectivity index (χ0) is 30.8. The number of likely N-dealkylation sites (tertiary alicyclic amines) is 1. The Labute approximate surface area is 255 Å². The molecule has 1 aliphatic heterocycles. The number of ketones is 1. The van der Waals surface area contributed by atoms with E-state index in [1.54, 1.807) is 38.1 Å². The summed E-state index contributed by atoms with van der Waals surface area (Å²) in [4.78, 5) is 39.1. The Bertz CT molecular complexity index is 1290. The largest absolute Gasteiger partial charge is 0.426 e. The molecule has 43 heavy (non-hydrogen) atoms. The van der Waals surface area contributed by atoms with Crippen molar-refractivity contribution in [2.24, 2.45) is 0 Å². The molecule has 0 N–H and O–H groups in total. The predicted octanol–water partition coefficient (Wildman–Crippen LogP) is 6.65. The van der Waals surface area contributed by atoms with Crippen molar-refractivity contribution in [1.29, 1.82) is 0 Å². The summed E-state index contributed by atoms with van der Waals surface area (Å²) in [7, 11) is 0. The SMILES string of the molecule is CC(=O)OC(C)OC(=O)C(C)(C)c1ccc(C(=O)CCCN2CCC(OC(c3ccccc3)c3ccccc3)CC2)cc1. The van der Waals surface area contributed by atoms with E-state index < -0.39 is 23.6 Å². The quantitative estimate of drug-likeness (QED) is 0.126. The summed E-state index contributed by atoms with van der Waals surface area (Å²) in [5, 5.41) is 0. The summed E-state index contributed by atoms with van der Waals surface area (Å²) in [6.07, 6.45) is 2.31. The van der Waals surface area contributed by atoms with Gasteiger partial charge in [-0.15, -0.1) is 0 Å². The van der Waals surface area contributed by atoms with Crippen LogP contribution < -0.4 is 0 Å². The molecule has 0 saturated carbocycles. The van der Waals surface area contributed by atoms with Crippen LogP contribution in [-0.2, 0) is 29.2 Å². The van der Waals surface area contributed by atoms with Crippen LogP contribution in [0.3, 0.4) is 0 Å². The zero-order valence-corrected chi connectivity index (χ0v) is 25.7. The average Bonchev–Trinajstić information content (AvgIpc) is 3.01. The number of piperidine rings is 1. The van der Waals surface area contributed by atoms with E-state index in [0.29, 0.717) is 12.0 Å². The number of esters is 2. The van der Waals surface area contributed by atoms with Crippen molar-refractivity contribution >= 4 is 17.7 Å². The smallest absolute Gasteiger partial charge is 0.319 e. The van der Waals surface area contributed by atoms with Gasteiger partial charge in [-0.3, -0.25) is 14.4 Å². The molecule has 0 spiro atoms. The fourth-order valence-electron chi connectivity index (χ4n) is 5.42. The first-order chi connectivity index (χ1) is 20.6. The molecular weight excluding hydrogens is 542 g/mol. The summed E-state index contributed by atoms with van der Waals surface area (Å²) in [6, 6.07) is 27.9. The van der Waals surface area contributed by atoms with E-state index in [0.717, 1.165) is 44.5 Å². The minimum Gasteiger partial charge on any atom is -0.426 e. The molecule has 3 aromatic carbocycles. The van der Waals surface area contributed by atoms with E-state index >= 15 is 0 Å². The van der Waals surface area contributed by atoms with E-state index in [4.69, 9.17) is 14.2 Å². The Balaban J connectivity index is 1.22. The first-order valence-corrected chi connectivity index (χ1v) is 15.1. The zero-order valence-electron chi connectivity index (χ0n) is 25.7. The maximum absolute atomic E-state index is 12.9. The van der Waals surface area contributed by atoms with Gasteiger partial charge in [-0.2, -0.15) is 0 Å². The number of ether oxygens (including phenoxy) is 3. The van der Waals surface area contributed by atoms with Crippen LogP contribution in [0.5, 0.6) is 0 Å². The monoisotopic (exact) mass is 585 g/mol. The molecule has 228 valence electrons. The molecule has 0 radical (unpaired) electrons. The second-order valence-corrected chi connectivity index (χ2v) is 11.7. The molecule has 0 aliphatic carbocycles. The Kier molecular flexibility index (Phi) is 11.3. The molecule has 0 aromatic heterocycles. The number of carbonyl (C=O) groups is 3. The van der Waals surface area contributed by atoms with Crippen molar-refractivity contribution in [3.05, 3.63) is 107 Å². The summed E-state index contributed by atoms with van der Waals surface area (Å²) in [5.74, 6) is -0.942. The van der Waals surface area contributed by atoms with Gasteiger partial charge in [-0.05, 0) is 56.3 Å². The van der Waals surface area contributed by atoms with Gasteiger partial charge >= 0.3 is 11.9 Å². The van der Waals surface area contributed by atoms with E-state index in [9.17, 15) is 14.4 Å². The fraction of sp³-hybridized carbons (Fsp3) is 0.417. The van der Waals surface area contributed by atoms with E-state index in [2.05, 4.69) is 53.4 Å². The molecule has 0 amide bonds.